The fourth-order valence-electron chi connectivity index (χ4n) is 0.797. The summed E-state index contributed by atoms with van der Waals surface area (Å²) in [5.41, 5.74) is 0. The molecule has 0 spiro atoms. The van der Waals surface area contributed by atoms with E-state index in [4.69, 9.17) is 5.11 Å². The van der Waals surface area contributed by atoms with Gasteiger partial charge in [0.2, 0.25) is 0 Å². The summed E-state index contributed by atoms with van der Waals surface area (Å²) >= 11 is 1.11. The highest BCUT2D eigenvalue weighted by atomic mass is 32.2. The van der Waals surface area contributed by atoms with Crippen LogP contribution in [0.1, 0.15) is 20.3 Å². The maximum atomic E-state index is 10.9. The van der Waals surface area contributed by atoms with Crippen molar-refractivity contribution in [3.05, 3.63) is 0 Å². The first-order valence-electron chi connectivity index (χ1n) is 3.99. The molecule has 0 aliphatic heterocycles. The van der Waals surface area contributed by atoms with Crippen LogP contribution in [0.4, 0.5) is 0 Å². The largest absolute Gasteiger partial charge is 0.480 e. The van der Waals surface area contributed by atoms with E-state index in [0.717, 1.165) is 11.8 Å². The van der Waals surface area contributed by atoms with Crippen molar-refractivity contribution in [1.82, 2.24) is 0 Å². The molecule has 0 aliphatic rings. The molecule has 0 saturated carbocycles. The number of esters is 1. The van der Waals surface area contributed by atoms with E-state index >= 15 is 0 Å². The maximum Gasteiger partial charge on any atom is 0.318 e. The van der Waals surface area contributed by atoms with E-state index in [1.165, 1.54) is 7.11 Å². The molecular weight excluding hydrogens is 192 g/mol. The highest BCUT2D eigenvalue weighted by Crippen LogP contribution is 2.21. The Balaban J connectivity index is 4.08. The molecule has 0 rings (SSSR count). The first-order chi connectivity index (χ1) is 6.02. The lowest BCUT2D eigenvalue weighted by Gasteiger charge is -2.13. The van der Waals surface area contributed by atoms with Gasteiger partial charge in [0, 0.05) is 0 Å². The van der Waals surface area contributed by atoms with Gasteiger partial charge in [0.25, 0.3) is 0 Å². The fourth-order valence-corrected chi connectivity index (χ4v) is 1.81. The van der Waals surface area contributed by atoms with Crippen LogP contribution in [0.25, 0.3) is 0 Å². The molecule has 0 radical (unpaired) electrons. The monoisotopic (exact) mass is 206 g/mol. The standard InChI is InChI=1S/C8H14O4S/c1-4-6(7(9)10)13-5(2)8(11)12-3/h5-6H,4H2,1-3H3,(H,9,10). The Bertz CT molecular complexity index is 193. The second-order valence-corrected chi connectivity index (χ2v) is 4.08. The minimum absolute atomic E-state index is 0.385. The SMILES string of the molecule is CCC(SC(C)C(=O)OC)C(=O)O. The molecule has 0 aromatic heterocycles. The van der Waals surface area contributed by atoms with Crippen LogP contribution in [0.3, 0.4) is 0 Å². The summed E-state index contributed by atoms with van der Waals surface area (Å²) < 4.78 is 4.48. The van der Waals surface area contributed by atoms with Gasteiger partial charge in [-0.1, -0.05) is 6.92 Å². The molecular formula is C8H14O4S. The summed E-state index contributed by atoms with van der Waals surface area (Å²) in [6.07, 6.45) is 0.501. The van der Waals surface area contributed by atoms with Crippen molar-refractivity contribution in [1.29, 1.82) is 0 Å². The number of aliphatic carboxylic acids is 1. The Hall–Kier alpha value is -0.710. The molecule has 5 heteroatoms. The van der Waals surface area contributed by atoms with Crippen LogP contribution < -0.4 is 0 Å². The van der Waals surface area contributed by atoms with Gasteiger partial charge < -0.3 is 9.84 Å². The highest BCUT2D eigenvalue weighted by molar-refractivity contribution is 8.01. The van der Waals surface area contributed by atoms with Crippen molar-refractivity contribution in [2.75, 3.05) is 7.11 Å². The minimum Gasteiger partial charge on any atom is -0.480 e. The summed E-state index contributed by atoms with van der Waals surface area (Å²) in [6, 6.07) is 0. The van der Waals surface area contributed by atoms with E-state index in [0.29, 0.717) is 6.42 Å². The summed E-state index contributed by atoms with van der Waals surface area (Å²) in [5, 5.41) is 7.75. The second-order valence-electron chi connectivity index (χ2n) is 2.54. The summed E-state index contributed by atoms with van der Waals surface area (Å²) in [5.74, 6) is -1.27. The van der Waals surface area contributed by atoms with Gasteiger partial charge in [0.1, 0.15) is 10.5 Å². The van der Waals surface area contributed by atoms with Gasteiger partial charge in [-0.2, -0.15) is 0 Å². The van der Waals surface area contributed by atoms with Crippen LogP contribution in [0.2, 0.25) is 0 Å². The van der Waals surface area contributed by atoms with Crippen LogP contribution >= 0.6 is 11.8 Å². The van der Waals surface area contributed by atoms with Crippen molar-refractivity contribution >= 4 is 23.7 Å². The molecule has 0 heterocycles. The van der Waals surface area contributed by atoms with Crippen molar-refractivity contribution in [2.24, 2.45) is 0 Å². The summed E-state index contributed by atoms with van der Waals surface area (Å²) in [4.78, 5) is 21.6. The number of carboxylic acid groups (broad SMARTS) is 1. The Morgan fingerprint density at radius 3 is 2.38 bits per heavy atom. The first-order valence-corrected chi connectivity index (χ1v) is 4.93. The van der Waals surface area contributed by atoms with Crippen molar-refractivity contribution < 1.29 is 19.4 Å². The fraction of sp³-hybridized carbons (Fsp3) is 0.750. The van der Waals surface area contributed by atoms with Crippen molar-refractivity contribution in [3.63, 3.8) is 0 Å². The van der Waals surface area contributed by atoms with Crippen LogP contribution in [0.5, 0.6) is 0 Å². The number of carbonyl (C=O) groups excluding carboxylic acids is 1. The number of hydrogen-bond acceptors (Lipinski definition) is 4. The molecule has 0 bridgehead atoms. The molecule has 0 aromatic carbocycles. The molecule has 0 saturated heterocycles. The molecule has 1 N–H and O–H groups in total. The Kier molecular flexibility index (Phi) is 5.53. The van der Waals surface area contributed by atoms with Gasteiger partial charge >= 0.3 is 11.9 Å². The third kappa shape index (κ3) is 4.17. The molecule has 2 atom stereocenters. The number of rotatable bonds is 5. The number of thioether (sulfide) groups is 1. The molecule has 4 nitrogen and oxygen atoms in total. The average molecular weight is 206 g/mol. The lowest BCUT2D eigenvalue weighted by molar-refractivity contribution is -0.139. The van der Waals surface area contributed by atoms with Gasteiger partial charge in [-0.25, -0.2) is 0 Å². The normalized spacial score (nSPS) is 14.7. The van der Waals surface area contributed by atoms with Crippen molar-refractivity contribution in [2.45, 2.75) is 30.8 Å². The predicted molar refractivity (Wildman–Crippen MR) is 50.8 cm³/mol. The number of carbonyl (C=O) groups is 2. The molecule has 0 aromatic rings. The number of ether oxygens (including phenoxy) is 1. The lowest BCUT2D eigenvalue weighted by atomic mass is 10.3. The topological polar surface area (TPSA) is 63.6 Å². The molecule has 0 aliphatic carbocycles. The Morgan fingerprint density at radius 1 is 1.54 bits per heavy atom. The molecule has 0 amide bonds. The van der Waals surface area contributed by atoms with Gasteiger partial charge in [-0.15, -0.1) is 11.8 Å². The zero-order valence-corrected chi connectivity index (χ0v) is 8.76. The predicted octanol–water partition coefficient (Wildman–Crippen LogP) is 1.14. The molecule has 0 fully saturated rings. The molecule has 76 valence electrons. The first kappa shape index (κ1) is 12.3. The van der Waals surface area contributed by atoms with Gasteiger partial charge in [-0.3, -0.25) is 9.59 Å². The average Bonchev–Trinajstić information content (AvgIpc) is 2.11. The Labute approximate surface area is 81.6 Å². The van der Waals surface area contributed by atoms with Crippen LogP contribution in [0.15, 0.2) is 0 Å². The van der Waals surface area contributed by atoms with Gasteiger partial charge in [0.15, 0.2) is 0 Å². The third-order valence-corrected chi connectivity index (χ3v) is 3.01. The third-order valence-electron chi connectivity index (χ3n) is 1.55. The zero-order valence-electron chi connectivity index (χ0n) is 7.94. The van der Waals surface area contributed by atoms with Crippen LogP contribution in [-0.4, -0.2) is 34.7 Å². The minimum atomic E-state index is -0.886. The van der Waals surface area contributed by atoms with E-state index in [-0.39, 0.29) is 5.97 Å². The lowest BCUT2D eigenvalue weighted by Crippen LogP contribution is -2.23. The van der Waals surface area contributed by atoms with E-state index < -0.39 is 16.5 Å². The van der Waals surface area contributed by atoms with Crippen LogP contribution in [0, 0.1) is 0 Å². The summed E-state index contributed by atoms with van der Waals surface area (Å²) in [7, 11) is 1.29. The van der Waals surface area contributed by atoms with E-state index in [1.807, 2.05) is 0 Å². The highest BCUT2D eigenvalue weighted by Gasteiger charge is 2.23. The Morgan fingerprint density at radius 2 is 2.08 bits per heavy atom. The van der Waals surface area contributed by atoms with E-state index in [2.05, 4.69) is 4.74 Å². The number of carboxylic acids is 1. The second kappa shape index (κ2) is 5.85. The van der Waals surface area contributed by atoms with Gasteiger partial charge in [-0.05, 0) is 13.3 Å². The quantitative estimate of drug-likeness (QED) is 0.683. The maximum absolute atomic E-state index is 10.9. The van der Waals surface area contributed by atoms with E-state index in [9.17, 15) is 9.59 Å². The zero-order chi connectivity index (χ0) is 10.4. The molecule has 2 unspecified atom stereocenters. The smallest absolute Gasteiger partial charge is 0.318 e. The van der Waals surface area contributed by atoms with Crippen LogP contribution in [-0.2, 0) is 14.3 Å². The number of methoxy groups -OCH3 is 1. The molecule has 13 heavy (non-hydrogen) atoms. The summed E-state index contributed by atoms with van der Waals surface area (Å²) in [6.45, 7) is 3.41. The van der Waals surface area contributed by atoms with E-state index in [1.54, 1.807) is 13.8 Å². The number of hydrogen-bond donors (Lipinski definition) is 1. The van der Waals surface area contributed by atoms with Crippen molar-refractivity contribution in [3.8, 4) is 0 Å². The van der Waals surface area contributed by atoms with Gasteiger partial charge in [0.05, 0.1) is 7.11 Å².